The molecule has 1 aliphatic carbocycles. The van der Waals surface area contributed by atoms with Crippen molar-refractivity contribution >= 4 is 34.1 Å². The number of fused-ring (bicyclic) bond motifs is 1. The van der Waals surface area contributed by atoms with Crippen molar-refractivity contribution in [2.75, 3.05) is 0 Å². The van der Waals surface area contributed by atoms with Gasteiger partial charge in [0.05, 0.1) is 28.9 Å². The van der Waals surface area contributed by atoms with Gasteiger partial charge in [-0.15, -0.1) is 0 Å². The third kappa shape index (κ3) is 2.93. The summed E-state index contributed by atoms with van der Waals surface area (Å²) in [5.41, 5.74) is 9.84. The van der Waals surface area contributed by atoms with Crippen LogP contribution < -0.4 is 5.73 Å². The van der Waals surface area contributed by atoms with Crippen LogP contribution in [0.2, 0.25) is 10.0 Å². The van der Waals surface area contributed by atoms with Crippen molar-refractivity contribution in [2.24, 2.45) is 11.7 Å². The predicted molar refractivity (Wildman–Crippen MR) is 111 cm³/mol. The maximum Gasteiger partial charge on any atom is 0.201 e. The number of benzene rings is 1. The van der Waals surface area contributed by atoms with Crippen molar-refractivity contribution in [3.8, 4) is 23.1 Å². The van der Waals surface area contributed by atoms with E-state index in [1.165, 1.54) is 0 Å². The molecule has 0 radical (unpaired) electrons. The molecule has 0 spiro atoms. The van der Waals surface area contributed by atoms with Crippen LogP contribution in [0.3, 0.4) is 0 Å². The summed E-state index contributed by atoms with van der Waals surface area (Å²) in [6, 6.07) is 7.59. The van der Waals surface area contributed by atoms with Crippen LogP contribution in [0, 0.1) is 24.2 Å². The van der Waals surface area contributed by atoms with Gasteiger partial charge in [0.2, 0.25) is 5.88 Å². The van der Waals surface area contributed by atoms with E-state index in [0.29, 0.717) is 20.9 Å². The Labute approximate surface area is 173 Å². The number of nitriles is 1. The molecule has 0 amide bonds. The van der Waals surface area contributed by atoms with Crippen molar-refractivity contribution in [3.63, 3.8) is 0 Å². The molecule has 144 valence electrons. The molecule has 2 aromatic heterocycles. The number of rotatable bonds is 3. The number of nitrogens with two attached hydrogens (primary N) is 1. The summed E-state index contributed by atoms with van der Waals surface area (Å²) >= 11 is 12.6. The molecular formula is C21H20Cl2N4O. The maximum absolute atomic E-state index is 11.2. The van der Waals surface area contributed by atoms with Crippen LogP contribution in [0.25, 0.3) is 22.0 Å². The fourth-order valence-corrected chi connectivity index (χ4v) is 4.82. The Bertz CT molecular complexity index is 1120. The second-order valence-corrected chi connectivity index (χ2v) is 8.08. The van der Waals surface area contributed by atoms with Gasteiger partial charge in [-0.2, -0.15) is 5.26 Å². The normalized spacial score (nSPS) is 19.2. The Kier molecular flexibility index (Phi) is 4.96. The molecule has 0 unspecified atom stereocenters. The average Bonchev–Trinajstić information content (AvgIpc) is 3.25. The van der Waals surface area contributed by atoms with Gasteiger partial charge in [0.25, 0.3) is 0 Å². The van der Waals surface area contributed by atoms with Crippen LogP contribution in [0.15, 0.2) is 24.4 Å². The molecule has 0 saturated heterocycles. The minimum Gasteiger partial charge on any atom is -0.494 e. The Balaban J connectivity index is 2.04. The van der Waals surface area contributed by atoms with E-state index in [9.17, 15) is 10.4 Å². The van der Waals surface area contributed by atoms with E-state index in [4.69, 9.17) is 28.9 Å². The second-order valence-electron chi connectivity index (χ2n) is 7.23. The minimum atomic E-state index is -0.120. The van der Waals surface area contributed by atoms with Crippen molar-refractivity contribution in [2.45, 2.75) is 38.8 Å². The van der Waals surface area contributed by atoms with Crippen LogP contribution in [-0.4, -0.2) is 14.7 Å². The Morgan fingerprint density at radius 1 is 1.36 bits per heavy atom. The van der Waals surface area contributed by atoms with Gasteiger partial charge in [-0.1, -0.05) is 29.3 Å². The number of pyridine rings is 1. The minimum absolute atomic E-state index is 0.0608. The summed E-state index contributed by atoms with van der Waals surface area (Å²) in [7, 11) is 0. The zero-order valence-corrected chi connectivity index (χ0v) is 16.9. The number of aromatic nitrogens is 2. The van der Waals surface area contributed by atoms with Gasteiger partial charge in [-0.3, -0.25) is 4.98 Å². The monoisotopic (exact) mass is 414 g/mol. The maximum atomic E-state index is 11.2. The quantitative estimate of drug-likeness (QED) is 0.604. The van der Waals surface area contributed by atoms with Crippen molar-refractivity contribution in [3.05, 3.63) is 45.7 Å². The smallest absolute Gasteiger partial charge is 0.201 e. The van der Waals surface area contributed by atoms with Crippen molar-refractivity contribution < 1.29 is 5.11 Å². The third-order valence-corrected chi connectivity index (χ3v) is 6.22. The standard InChI is InChI=1S/C21H20Cl2N4O/c1-11-15(9-25)19(14-6-5-13(22)7-16(14)23)20-17(26-11)10-27(21(20)28)18-4-2-3-12(18)8-24/h5-7,10,12,18,28H,2-4,9,25H2,1H3/t12-,18-/m1/s1. The van der Waals surface area contributed by atoms with Crippen LogP contribution in [-0.2, 0) is 6.54 Å². The van der Waals surface area contributed by atoms with Gasteiger partial charge in [0, 0.05) is 39.6 Å². The van der Waals surface area contributed by atoms with E-state index >= 15 is 0 Å². The molecule has 1 aromatic carbocycles. The first-order chi connectivity index (χ1) is 13.5. The first kappa shape index (κ1) is 19.1. The number of aryl methyl sites for hydroxylation is 1. The lowest BCUT2D eigenvalue weighted by molar-refractivity contribution is 0.364. The molecule has 2 heterocycles. The highest BCUT2D eigenvalue weighted by atomic mass is 35.5. The molecule has 1 aliphatic rings. The molecule has 5 nitrogen and oxygen atoms in total. The second kappa shape index (κ2) is 7.29. The van der Waals surface area contributed by atoms with Crippen LogP contribution in [0.1, 0.15) is 36.6 Å². The number of nitrogens with zero attached hydrogens (tertiary/aromatic N) is 3. The van der Waals surface area contributed by atoms with Gasteiger partial charge in [0.1, 0.15) is 0 Å². The molecular weight excluding hydrogens is 395 g/mol. The van der Waals surface area contributed by atoms with Crippen molar-refractivity contribution in [1.29, 1.82) is 5.26 Å². The molecule has 3 aromatic rings. The van der Waals surface area contributed by atoms with E-state index < -0.39 is 0 Å². The summed E-state index contributed by atoms with van der Waals surface area (Å²) in [6.45, 7) is 2.16. The van der Waals surface area contributed by atoms with Crippen LogP contribution in [0.4, 0.5) is 0 Å². The first-order valence-corrected chi connectivity index (χ1v) is 10.00. The van der Waals surface area contributed by atoms with E-state index in [1.807, 2.05) is 19.2 Å². The predicted octanol–water partition coefficient (Wildman–Crippen LogP) is 5.35. The fraction of sp³-hybridized carbons (Fsp3) is 0.333. The van der Waals surface area contributed by atoms with E-state index in [1.54, 1.807) is 16.7 Å². The lowest BCUT2D eigenvalue weighted by Gasteiger charge is -2.17. The molecule has 0 bridgehead atoms. The summed E-state index contributed by atoms with van der Waals surface area (Å²) in [6.07, 6.45) is 4.50. The van der Waals surface area contributed by atoms with Gasteiger partial charge >= 0.3 is 0 Å². The molecule has 1 saturated carbocycles. The first-order valence-electron chi connectivity index (χ1n) is 9.24. The zero-order valence-electron chi connectivity index (χ0n) is 15.4. The summed E-state index contributed by atoms with van der Waals surface area (Å²) in [4.78, 5) is 4.67. The van der Waals surface area contributed by atoms with Gasteiger partial charge < -0.3 is 15.4 Å². The Morgan fingerprint density at radius 2 is 2.14 bits per heavy atom. The number of hydrogen-bond donors (Lipinski definition) is 2. The molecule has 1 fully saturated rings. The largest absolute Gasteiger partial charge is 0.494 e. The van der Waals surface area contributed by atoms with Crippen molar-refractivity contribution in [1.82, 2.24) is 9.55 Å². The van der Waals surface area contributed by atoms with E-state index in [-0.39, 0.29) is 24.4 Å². The summed E-state index contributed by atoms with van der Waals surface area (Å²) in [5.74, 6) is -0.0178. The van der Waals surface area contributed by atoms with Gasteiger partial charge in [-0.05, 0) is 43.9 Å². The number of hydrogen-bond acceptors (Lipinski definition) is 4. The SMILES string of the molecule is Cc1nc2cn([C@@H]3CCC[C@@H]3C#N)c(O)c2c(-c2ccc(Cl)cc2Cl)c1CN. The highest BCUT2D eigenvalue weighted by Crippen LogP contribution is 2.45. The Hall–Kier alpha value is -2.26. The zero-order chi connectivity index (χ0) is 20.0. The number of aromatic hydroxyl groups is 1. The highest BCUT2D eigenvalue weighted by Gasteiger charge is 2.32. The molecule has 2 atom stereocenters. The summed E-state index contributed by atoms with van der Waals surface area (Å²) < 4.78 is 1.80. The lowest BCUT2D eigenvalue weighted by atomic mass is 9.95. The topological polar surface area (TPSA) is 87.9 Å². The van der Waals surface area contributed by atoms with E-state index in [0.717, 1.165) is 41.6 Å². The highest BCUT2D eigenvalue weighted by molar-refractivity contribution is 6.36. The molecule has 28 heavy (non-hydrogen) atoms. The summed E-state index contributed by atoms with van der Waals surface area (Å²) in [5, 5.41) is 22.3. The molecule has 0 aliphatic heterocycles. The third-order valence-electron chi connectivity index (χ3n) is 5.67. The van der Waals surface area contributed by atoms with Crippen LogP contribution in [0.5, 0.6) is 5.88 Å². The molecule has 7 heteroatoms. The Morgan fingerprint density at radius 3 is 2.82 bits per heavy atom. The molecule has 4 rings (SSSR count). The lowest BCUT2D eigenvalue weighted by Crippen LogP contribution is -2.11. The van der Waals surface area contributed by atoms with Gasteiger partial charge in [-0.25, -0.2) is 0 Å². The van der Waals surface area contributed by atoms with Gasteiger partial charge in [0.15, 0.2) is 0 Å². The number of halogens is 2. The van der Waals surface area contributed by atoms with Crippen LogP contribution >= 0.6 is 23.2 Å². The average molecular weight is 415 g/mol. The van der Waals surface area contributed by atoms with E-state index in [2.05, 4.69) is 11.1 Å². The molecule has 3 N–H and O–H groups in total. The fourth-order valence-electron chi connectivity index (χ4n) is 4.32.